The highest BCUT2D eigenvalue weighted by molar-refractivity contribution is 7.99. The van der Waals surface area contributed by atoms with E-state index in [4.69, 9.17) is 0 Å². The first-order chi connectivity index (χ1) is 9.51. The molecule has 0 aromatic heterocycles. The number of rotatable bonds is 4. The Balaban J connectivity index is 1.71. The largest absolute Gasteiger partial charge is 0.380 e. The summed E-state index contributed by atoms with van der Waals surface area (Å²) in [6.45, 7) is 5.37. The second kappa shape index (κ2) is 7.17. The molecule has 0 atom stereocenters. The maximum absolute atomic E-state index is 12.2. The molecule has 0 aromatic rings. The van der Waals surface area contributed by atoms with Gasteiger partial charge in [0.2, 0.25) is 0 Å². The van der Waals surface area contributed by atoms with Crippen LogP contribution in [-0.4, -0.2) is 34.7 Å². The second-order valence-corrected chi connectivity index (χ2v) is 8.10. The van der Waals surface area contributed by atoms with E-state index in [9.17, 15) is 9.90 Å². The lowest BCUT2D eigenvalue weighted by molar-refractivity contribution is -0.140. The van der Waals surface area contributed by atoms with Gasteiger partial charge in [-0.25, -0.2) is 0 Å². The molecule has 3 nitrogen and oxygen atoms in total. The Bertz CT molecular complexity index is 318. The molecule has 1 aliphatic carbocycles. The first-order valence-corrected chi connectivity index (χ1v) is 9.25. The summed E-state index contributed by atoms with van der Waals surface area (Å²) < 4.78 is 0. The van der Waals surface area contributed by atoms with Gasteiger partial charge in [-0.05, 0) is 67.8 Å². The first-order valence-electron chi connectivity index (χ1n) is 8.10. The molecule has 2 N–H and O–H groups in total. The first kappa shape index (κ1) is 16.2. The lowest BCUT2D eigenvalue weighted by Gasteiger charge is -2.33. The molecule has 1 amide bonds. The number of amides is 1. The van der Waals surface area contributed by atoms with E-state index in [1.165, 1.54) is 25.7 Å². The molecule has 1 heterocycles. The van der Waals surface area contributed by atoms with Crippen molar-refractivity contribution in [3.05, 3.63) is 0 Å². The van der Waals surface area contributed by atoms with Crippen molar-refractivity contribution >= 4 is 17.7 Å². The SMILES string of the molecule is CC(C)C1CCC(CNC(=O)C2(O)CCSCC2)CC1. The van der Waals surface area contributed by atoms with Crippen LogP contribution in [0.25, 0.3) is 0 Å². The summed E-state index contributed by atoms with van der Waals surface area (Å²) in [5.41, 5.74) is -1.10. The molecule has 0 bridgehead atoms. The monoisotopic (exact) mass is 299 g/mol. The second-order valence-electron chi connectivity index (χ2n) is 6.88. The third kappa shape index (κ3) is 4.14. The van der Waals surface area contributed by atoms with E-state index in [2.05, 4.69) is 19.2 Å². The van der Waals surface area contributed by atoms with Crippen molar-refractivity contribution in [1.82, 2.24) is 5.32 Å². The van der Waals surface area contributed by atoms with Gasteiger partial charge in [0.1, 0.15) is 5.60 Å². The van der Waals surface area contributed by atoms with Gasteiger partial charge in [0.15, 0.2) is 0 Å². The zero-order valence-electron chi connectivity index (χ0n) is 12.9. The van der Waals surface area contributed by atoms with Crippen LogP contribution in [0.2, 0.25) is 0 Å². The highest BCUT2D eigenvalue weighted by Crippen LogP contribution is 2.33. The molecule has 20 heavy (non-hydrogen) atoms. The number of thioether (sulfide) groups is 1. The Labute approximate surface area is 127 Å². The highest BCUT2D eigenvalue weighted by Gasteiger charge is 2.37. The summed E-state index contributed by atoms with van der Waals surface area (Å²) in [6.07, 6.45) is 6.22. The summed E-state index contributed by atoms with van der Waals surface area (Å²) in [7, 11) is 0. The summed E-state index contributed by atoms with van der Waals surface area (Å²) in [4.78, 5) is 12.2. The number of hydrogen-bond acceptors (Lipinski definition) is 3. The average Bonchev–Trinajstić information content (AvgIpc) is 2.46. The molecule has 0 radical (unpaired) electrons. The summed E-state index contributed by atoms with van der Waals surface area (Å²) in [6, 6.07) is 0. The van der Waals surface area contributed by atoms with E-state index in [0.29, 0.717) is 18.8 Å². The Hall–Kier alpha value is -0.220. The number of aliphatic hydroxyl groups is 1. The van der Waals surface area contributed by atoms with E-state index in [1.807, 2.05) is 11.8 Å². The van der Waals surface area contributed by atoms with Gasteiger partial charge in [-0.15, -0.1) is 0 Å². The number of nitrogens with one attached hydrogen (secondary N) is 1. The van der Waals surface area contributed by atoms with Gasteiger partial charge in [-0.2, -0.15) is 11.8 Å². The topological polar surface area (TPSA) is 49.3 Å². The van der Waals surface area contributed by atoms with Crippen molar-refractivity contribution in [2.45, 2.75) is 58.0 Å². The fraction of sp³-hybridized carbons (Fsp3) is 0.938. The highest BCUT2D eigenvalue weighted by atomic mass is 32.2. The molecule has 4 heteroatoms. The van der Waals surface area contributed by atoms with Gasteiger partial charge in [-0.3, -0.25) is 4.79 Å². The fourth-order valence-corrected chi connectivity index (χ4v) is 4.56. The molecule has 0 spiro atoms. The molecule has 2 rings (SSSR count). The molecule has 1 aliphatic heterocycles. The summed E-state index contributed by atoms with van der Waals surface area (Å²) >= 11 is 1.82. The number of hydrogen-bond donors (Lipinski definition) is 2. The molecule has 1 saturated carbocycles. The van der Waals surface area contributed by atoms with Gasteiger partial charge in [0.05, 0.1) is 0 Å². The smallest absolute Gasteiger partial charge is 0.252 e. The van der Waals surface area contributed by atoms with Crippen molar-refractivity contribution in [3.63, 3.8) is 0 Å². The maximum atomic E-state index is 12.2. The van der Waals surface area contributed by atoms with Crippen LogP contribution >= 0.6 is 11.8 Å². The van der Waals surface area contributed by atoms with Gasteiger partial charge in [-0.1, -0.05) is 13.8 Å². The summed E-state index contributed by atoms with van der Waals surface area (Å²) in [5.74, 6) is 3.90. The van der Waals surface area contributed by atoms with Crippen LogP contribution in [0.5, 0.6) is 0 Å². The van der Waals surface area contributed by atoms with Crippen molar-refractivity contribution in [2.24, 2.45) is 17.8 Å². The van der Waals surface area contributed by atoms with Gasteiger partial charge in [0, 0.05) is 6.54 Å². The minimum atomic E-state index is -1.10. The van der Waals surface area contributed by atoms with Crippen LogP contribution < -0.4 is 5.32 Å². The quantitative estimate of drug-likeness (QED) is 0.839. The molecule has 0 unspecified atom stereocenters. The van der Waals surface area contributed by atoms with Gasteiger partial charge in [0.25, 0.3) is 5.91 Å². The van der Waals surface area contributed by atoms with Crippen molar-refractivity contribution in [1.29, 1.82) is 0 Å². The lowest BCUT2D eigenvalue weighted by Crippen LogP contribution is -2.50. The van der Waals surface area contributed by atoms with E-state index in [0.717, 1.165) is 29.9 Å². The normalized spacial score (nSPS) is 30.2. The number of carbonyl (C=O) groups excluding carboxylic acids is 1. The van der Waals surface area contributed by atoms with Crippen LogP contribution in [-0.2, 0) is 4.79 Å². The third-order valence-electron chi connectivity index (χ3n) is 5.13. The molecule has 2 fully saturated rings. The predicted molar refractivity (Wildman–Crippen MR) is 84.8 cm³/mol. The van der Waals surface area contributed by atoms with Crippen LogP contribution in [0.4, 0.5) is 0 Å². The van der Waals surface area contributed by atoms with Crippen LogP contribution in [0.1, 0.15) is 52.4 Å². The molecular formula is C16H29NO2S. The van der Waals surface area contributed by atoms with E-state index < -0.39 is 5.60 Å². The van der Waals surface area contributed by atoms with Crippen LogP contribution in [0.15, 0.2) is 0 Å². The lowest BCUT2D eigenvalue weighted by atomic mass is 9.77. The van der Waals surface area contributed by atoms with Crippen molar-refractivity contribution in [3.8, 4) is 0 Å². The third-order valence-corrected chi connectivity index (χ3v) is 6.11. The Kier molecular flexibility index (Phi) is 5.79. The molecule has 0 aromatic carbocycles. The van der Waals surface area contributed by atoms with Crippen molar-refractivity contribution < 1.29 is 9.90 Å². The van der Waals surface area contributed by atoms with E-state index in [-0.39, 0.29) is 5.91 Å². The fourth-order valence-electron chi connectivity index (χ4n) is 3.40. The van der Waals surface area contributed by atoms with Gasteiger partial charge >= 0.3 is 0 Å². The minimum Gasteiger partial charge on any atom is -0.380 e. The van der Waals surface area contributed by atoms with Crippen LogP contribution in [0.3, 0.4) is 0 Å². The van der Waals surface area contributed by atoms with Crippen molar-refractivity contribution in [2.75, 3.05) is 18.1 Å². The van der Waals surface area contributed by atoms with E-state index >= 15 is 0 Å². The van der Waals surface area contributed by atoms with E-state index in [1.54, 1.807) is 0 Å². The predicted octanol–water partition coefficient (Wildman–Crippen LogP) is 2.82. The Morgan fingerprint density at radius 2 is 1.85 bits per heavy atom. The van der Waals surface area contributed by atoms with Crippen LogP contribution in [0, 0.1) is 17.8 Å². The number of carbonyl (C=O) groups is 1. The Morgan fingerprint density at radius 3 is 2.40 bits per heavy atom. The minimum absolute atomic E-state index is 0.135. The standard InChI is InChI=1S/C16H29NO2S/c1-12(2)14-5-3-13(4-6-14)11-17-15(18)16(19)7-9-20-10-8-16/h12-14,19H,3-11H2,1-2H3,(H,17,18). The molecular weight excluding hydrogens is 270 g/mol. The summed E-state index contributed by atoms with van der Waals surface area (Å²) in [5, 5.41) is 13.4. The molecule has 2 aliphatic rings. The zero-order valence-corrected chi connectivity index (χ0v) is 13.7. The molecule has 116 valence electrons. The Morgan fingerprint density at radius 1 is 1.25 bits per heavy atom. The van der Waals surface area contributed by atoms with Gasteiger partial charge < -0.3 is 10.4 Å². The molecule has 1 saturated heterocycles. The average molecular weight is 299 g/mol. The maximum Gasteiger partial charge on any atom is 0.252 e. The zero-order chi connectivity index (χ0) is 14.6.